The van der Waals surface area contributed by atoms with E-state index >= 15 is 0 Å². The minimum Gasteiger partial charge on any atom is -0.310 e. The van der Waals surface area contributed by atoms with Crippen molar-refractivity contribution in [2.45, 2.75) is 5.41 Å². The average Bonchev–Trinajstić information content (AvgIpc) is 4.19. The first-order chi connectivity index (χ1) is 37.7. The Balaban J connectivity index is 0.957. The molecule has 0 bridgehead atoms. The second-order valence-electron chi connectivity index (χ2n) is 20.3. The molecule has 2 aliphatic rings. The van der Waals surface area contributed by atoms with Gasteiger partial charge in [0, 0.05) is 44.2 Å². The fourth-order valence-corrected chi connectivity index (χ4v) is 13.4. The molecule has 0 saturated heterocycles. The summed E-state index contributed by atoms with van der Waals surface area (Å²) in [5.74, 6) is 0. The van der Waals surface area contributed by atoms with E-state index < -0.39 is 5.41 Å². The molecule has 76 heavy (non-hydrogen) atoms. The molecular formula is C73H47N3. The fourth-order valence-electron chi connectivity index (χ4n) is 13.4. The molecule has 354 valence electrons. The maximum atomic E-state index is 2.55. The molecule has 14 aromatic rings. The monoisotopic (exact) mass is 965 g/mol. The maximum absolute atomic E-state index is 2.55. The Hall–Kier alpha value is -9.96. The molecule has 3 nitrogen and oxygen atoms in total. The highest BCUT2D eigenvalue weighted by Gasteiger charge is 2.51. The van der Waals surface area contributed by atoms with Gasteiger partial charge in [0.1, 0.15) is 0 Å². The van der Waals surface area contributed by atoms with Crippen LogP contribution in [0.15, 0.2) is 285 Å². The van der Waals surface area contributed by atoms with E-state index in [0.717, 1.165) is 39.4 Å². The Morgan fingerprint density at radius 3 is 1.47 bits per heavy atom. The molecule has 0 N–H and O–H groups in total. The van der Waals surface area contributed by atoms with Gasteiger partial charge in [-0.25, -0.2) is 0 Å². The molecule has 0 saturated carbocycles. The van der Waals surface area contributed by atoms with Gasteiger partial charge >= 0.3 is 0 Å². The summed E-state index contributed by atoms with van der Waals surface area (Å²) in [6.45, 7) is 0. The third-order valence-corrected chi connectivity index (χ3v) is 16.5. The Morgan fingerprint density at radius 1 is 0.276 bits per heavy atom. The molecule has 16 rings (SSSR count). The second kappa shape index (κ2) is 16.5. The van der Waals surface area contributed by atoms with Crippen LogP contribution in [0.5, 0.6) is 0 Å². The highest BCUT2D eigenvalue weighted by molar-refractivity contribution is 6.15. The van der Waals surface area contributed by atoms with E-state index in [1.807, 2.05) is 0 Å². The Kier molecular flexibility index (Phi) is 9.25. The summed E-state index contributed by atoms with van der Waals surface area (Å²) in [6, 6.07) is 106. The average molecular weight is 966 g/mol. The van der Waals surface area contributed by atoms with Crippen LogP contribution < -0.4 is 4.90 Å². The molecule has 2 aromatic heterocycles. The van der Waals surface area contributed by atoms with Gasteiger partial charge in [-0.3, -0.25) is 0 Å². The molecule has 1 spiro atoms. The van der Waals surface area contributed by atoms with Crippen LogP contribution in [0.4, 0.5) is 17.1 Å². The molecule has 0 atom stereocenters. The molecule has 0 radical (unpaired) electrons. The number of nitrogens with zero attached hydrogens (tertiary/aromatic N) is 3. The van der Waals surface area contributed by atoms with Crippen molar-refractivity contribution in [1.29, 1.82) is 0 Å². The van der Waals surface area contributed by atoms with Crippen molar-refractivity contribution in [2.24, 2.45) is 0 Å². The number of hydrogen-bond donors (Lipinski definition) is 0. The van der Waals surface area contributed by atoms with Gasteiger partial charge in [0.15, 0.2) is 0 Å². The molecule has 0 unspecified atom stereocenters. The lowest BCUT2D eigenvalue weighted by molar-refractivity contribution is 0.748. The Morgan fingerprint density at radius 2 is 0.789 bits per heavy atom. The van der Waals surface area contributed by atoms with Gasteiger partial charge in [-0.15, -0.1) is 0 Å². The number of rotatable bonds is 7. The van der Waals surface area contributed by atoms with Gasteiger partial charge in [-0.1, -0.05) is 218 Å². The van der Waals surface area contributed by atoms with E-state index in [-0.39, 0.29) is 0 Å². The van der Waals surface area contributed by atoms with E-state index in [2.05, 4.69) is 299 Å². The normalized spacial score (nSPS) is 12.8. The minimum atomic E-state index is -0.598. The zero-order valence-electron chi connectivity index (χ0n) is 41.5. The van der Waals surface area contributed by atoms with Crippen LogP contribution in [0, 0.1) is 0 Å². The summed E-state index contributed by atoms with van der Waals surface area (Å²) in [4.78, 5) is 2.53. The molecule has 0 amide bonds. The summed E-state index contributed by atoms with van der Waals surface area (Å²) >= 11 is 0. The first-order valence-corrected chi connectivity index (χ1v) is 26.3. The number of hydrogen-bond acceptors (Lipinski definition) is 1. The smallest absolute Gasteiger partial charge is 0.0755 e. The van der Waals surface area contributed by atoms with Crippen LogP contribution in [0.2, 0.25) is 0 Å². The van der Waals surface area contributed by atoms with Crippen LogP contribution in [0.3, 0.4) is 0 Å². The SMILES string of the molecule is c1ccc(-c2ccccc2-c2ccccc2N(c2ccc(-c3cccc(-n4c5ccccc5c5ccccc54)c3)cc2)c2cc3c4c(c2)c2ccccc2n4-c2ccccc2C32c3ccccc3-c3ccccc32)cc1. The molecule has 1 aliphatic heterocycles. The molecular weight excluding hydrogens is 919 g/mol. The lowest BCUT2D eigenvalue weighted by atomic mass is 9.65. The van der Waals surface area contributed by atoms with Gasteiger partial charge in [0.2, 0.25) is 0 Å². The van der Waals surface area contributed by atoms with E-state index in [1.54, 1.807) is 0 Å². The Bertz CT molecular complexity index is 4550. The van der Waals surface area contributed by atoms with Crippen LogP contribution in [0.25, 0.3) is 99.5 Å². The van der Waals surface area contributed by atoms with Crippen molar-refractivity contribution < 1.29 is 0 Å². The molecule has 12 aromatic carbocycles. The number of anilines is 3. The van der Waals surface area contributed by atoms with Crippen LogP contribution in [-0.4, -0.2) is 9.13 Å². The highest BCUT2D eigenvalue weighted by atomic mass is 15.1. The third-order valence-electron chi connectivity index (χ3n) is 16.5. The van der Waals surface area contributed by atoms with Crippen molar-refractivity contribution in [2.75, 3.05) is 4.90 Å². The third kappa shape index (κ3) is 5.99. The van der Waals surface area contributed by atoms with Crippen LogP contribution in [0.1, 0.15) is 22.3 Å². The van der Waals surface area contributed by atoms with Crippen LogP contribution >= 0.6 is 0 Å². The summed E-state index contributed by atoms with van der Waals surface area (Å²) in [5.41, 5.74) is 24.7. The zero-order chi connectivity index (χ0) is 49.9. The lowest BCUT2D eigenvalue weighted by Crippen LogP contribution is -2.33. The number of benzene rings is 12. The molecule has 3 heteroatoms. The summed E-state index contributed by atoms with van der Waals surface area (Å²) in [5, 5.41) is 4.97. The van der Waals surface area contributed by atoms with Crippen molar-refractivity contribution in [3.63, 3.8) is 0 Å². The fraction of sp³-hybridized carbons (Fsp3) is 0.0137. The molecule has 0 fully saturated rings. The van der Waals surface area contributed by atoms with Crippen LogP contribution in [-0.2, 0) is 5.41 Å². The molecule has 1 aliphatic carbocycles. The zero-order valence-corrected chi connectivity index (χ0v) is 41.5. The predicted octanol–water partition coefficient (Wildman–Crippen LogP) is 19.0. The van der Waals surface area contributed by atoms with Gasteiger partial charge in [-0.2, -0.15) is 0 Å². The summed E-state index contributed by atoms with van der Waals surface area (Å²) < 4.78 is 4.95. The van der Waals surface area contributed by atoms with Crippen molar-refractivity contribution in [3.05, 3.63) is 307 Å². The van der Waals surface area contributed by atoms with E-state index in [9.17, 15) is 0 Å². The first kappa shape index (κ1) is 42.5. The quantitative estimate of drug-likeness (QED) is 0.155. The number of aromatic nitrogens is 2. The maximum Gasteiger partial charge on any atom is 0.0755 e. The number of fused-ring (bicyclic) bond motifs is 15. The van der Waals surface area contributed by atoms with Gasteiger partial charge in [-0.05, 0) is 128 Å². The summed E-state index contributed by atoms with van der Waals surface area (Å²) in [6.07, 6.45) is 0. The van der Waals surface area contributed by atoms with Gasteiger partial charge in [0.05, 0.1) is 38.9 Å². The second-order valence-corrected chi connectivity index (χ2v) is 20.3. The summed E-state index contributed by atoms with van der Waals surface area (Å²) in [7, 11) is 0. The van der Waals surface area contributed by atoms with Crippen molar-refractivity contribution in [1.82, 2.24) is 9.13 Å². The Labute approximate surface area is 441 Å². The first-order valence-electron chi connectivity index (χ1n) is 26.3. The largest absolute Gasteiger partial charge is 0.310 e. The number of para-hydroxylation sites is 5. The highest BCUT2D eigenvalue weighted by Crippen LogP contribution is 2.62. The van der Waals surface area contributed by atoms with Gasteiger partial charge in [0.25, 0.3) is 0 Å². The predicted molar refractivity (Wildman–Crippen MR) is 317 cm³/mol. The van der Waals surface area contributed by atoms with E-state index in [1.165, 1.54) is 99.4 Å². The standard InChI is InChI=1S/C73H47N3/c1-2-21-49(22-3-1)54-25-4-5-26-55(54)58-29-8-15-36-67(58)74(51-43-41-48(42-44-51)50-23-20-24-52(45-50)75-68-37-16-9-30-59(68)60-31-10-17-38-69(60)75)53-46-62-61-32-11-18-39-70(61)76-71-40-19-14-35-65(71)73(66(47-53)72(62)76)63-33-12-6-27-56(63)57-28-7-13-34-64(57)73/h1-47H. The topological polar surface area (TPSA) is 13.1 Å². The molecule has 3 heterocycles. The van der Waals surface area contributed by atoms with E-state index in [4.69, 9.17) is 0 Å². The van der Waals surface area contributed by atoms with Crippen molar-refractivity contribution >= 4 is 60.7 Å². The lowest BCUT2D eigenvalue weighted by Gasteiger charge is -2.40. The van der Waals surface area contributed by atoms with Gasteiger partial charge < -0.3 is 14.0 Å². The van der Waals surface area contributed by atoms with E-state index in [0.29, 0.717) is 0 Å². The van der Waals surface area contributed by atoms with Crippen molar-refractivity contribution in [3.8, 4) is 55.9 Å². The minimum absolute atomic E-state index is 0.598.